The van der Waals surface area contributed by atoms with Gasteiger partial charge >= 0.3 is 0 Å². The number of nitrogens with zero attached hydrogens (tertiary/aromatic N) is 2. The van der Waals surface area contributed by atoms with Gasteiger partial charge in [0, 0.05) is 35.5 Å². The lowest BCUT2D eigenvalue weighted by molar-refractivity contribution is 1.21. The van der Waals surface area contributed by atoms with Gasteiger partial charge in [-0.2, -0.15) is 0 Å². The second kappa shape index (κ2) is 14.5. The first-order valence-electron chi connectivity index (χ1n) is 14.6. The third-order valence-electron chi connectivity index (χ3n) is 6.86. The molecule has 0 saturated carbocycles. The summed E-state index contributed by atoms with van der Waals surface area (Å²) >= 11 is 0. The van der Waals surface area contributed by atoms with E-state index < -0.39 is 0 Å². The highest BCUT2D eigenvalue weighted by Crippen LogP contribution is 2.37. The highest BCUT2D eigenvalue weighted by molar-refractivity contribution is 5.89. The Morgan fingerprint density at radius 2 is 0.732 bits per heavy atom. The molecule has 41 heavy (non-hydrogen) atoms. The van der Waals surface area contributed by atoms with Crippen molar-refractivity contribution in [2.24, 2.45) is 0 Å². The predicted octanol–water partition coefficient (Wildman–Crippen LogP) is 11.8. The van der Waals surface area contributed by atoms with Gasteiger partial charge in [-0.15, -0.1) is 0 Å². The lowest BCUT2D eigenvalue weighted by Gasteiger charge is -2.26. The normalized spacial score (nSPS) is 10.1. The number of fused-ring (bicyclic) bond motifs is 1. The molecule has 0 aliphatic carbocycles. The summed E-state index contributed by atoms with van der Waals surface area (Å²) in [5, 5.41) is 2.48. The molecular weight excluding hydrogens is 496 g/mol. The van der Waals surface area contributed by atoms with Crippen LogP contribution in [0.1, 0.15) is 27.7 Å². The zero-order valence-corrected chi connectivity index (χ0v) is 24.8. The van der Waals surface area contributed by atoms with Crippen molar-refractivity contribution in [3.63, 3.8) is 0 Å². The molecule has 0 aliphatic rings. The van der Waals surface area contributed by atoms with Crippen LogP contribution in [-0.4, -0.2) is 7.05 Å². The van der Waals surface area contributed by atoms with Gasteiger partial charge in [-0.1, -0.05) is 119 Å². The fraction of sp³-hybridized carbons (Fsp3) is 0.128. The number of hydrogen-bond acceptors (Lipinski definition) is 2. The largest absolute Gasteiger partial charge is 0.345 e. The number of benzene rings is 6. The molecule has 2 heteroatoms. The first-order chi connectivity index (χ1) is 20.3. The maximum absolute atomic E-state index is 2.31. The van der Waals surface area contributed by atoms with Gasteiger partial charge in [0.15, 0.2) is 0 Å². The molecule has 0 atom stereocenters. The van der Waals surface area contributed by atoms with E-state index in [0.29, 0.717) is 0 Å². The van der Waals surface area contributed by atoms with Crippen molar-refractivity contribution in [2.75, 3.05) is 16.8 Å². The highest BCUT2D eigenvalue weighted by atomic mass is 15.1. The molecule has 0 saturated heterocycles. The Morgan fingerprint density at radius 3 is 1.29 bits per heavy atom. The van der Waals surface area contributed by atoms with Crippen LogP contribution in [0.4, 0.5) is 28.4 Å². The van der Waals surface area contributed by atoms with E-state index in [1.807, 2.05) is 33.8 Å². The minimum Gasteiger partial charge on any atom is -0.345 e. The molecule has 0 aromatic heterocycles. The average Bonchev–Trinajstić information content (AvgIpc) is 3.08. The van der Waals surface area contributed by atoms with E-state index in [4.69, 9.17) is 0 Å². The summed E-state index contributed by atoms with van der Waals surface area (Å²) < 4.78 is 0. The smallest absolute Gasteiger partial charge is 0.0468 e. The topological polar surface area (TPSA) is 6.48 Å². The minimum atomic E-state index is 1.13. The van der Waals surface area contributed by atoms with Crippen molar-refractivity contribution in [1.29, 1.82) is 0 Å². The van der Waals surface area contributed by atoms with Crippen molar-refractivity contribution < 1.29 is 0 Å². The van der Waals surface area contributed by atoms with Gasteiger partial charge in [0.2, 0.25) is 0 Å². The third kappa shape index (κ3) is 6.85. The summed E-state index contributed by atoms with van der Waals surface area (Å²) in [6, 6.07) is 53.7. The average molecular weight is 537 g/mol. The summed E-state index contributed by atoms with van der Waals surface area (Å²) in [4.78, 5) is 4.52. The molecule has 0 bridgehead atoms. The first-order valence-corrected chi connectivity index (χ1v) is 14.6. The van der Waals surface area contributed by atoms with Crippen LogP contribution in [0.3, 0.4) is 0 Å². The minimum absolute atomic E-state index is 1.13. The second-order valence-corrected chi connectivity index (χ2v) is 9.19. The van der Waals surface area contributed by atoms with Gasteiger partial charge in [-0.05, 0) is 82.6 Å². The molecule has 0 N–H and O–H groups in total. The van der Waals surface area contributed by atoms with Crippen LogP contribution in [0, 0.1) is 0 Å². The first kappa shape index (κ1) is 29.2. The van der Waals surface area contributed by atoms with E-state index in [0.717, 1.165) is 22.7 Å². The Hall–Kier alpha value is -4.82. The highest BCUT2D eigenvalue weighted by Gasteiger charge is 2.13. The summed E-state index contributed by atoms with van der Waals surface area (Å²) in [5.41, 5.74) is 8.15. The van der Waals surface area contributed by atoms with Crippen LogP contribution >= 0.6 is 0 Å². The van der Waals surface area contributed by atoms with Crippen molar-refractivity contribution in [1.82, 2.24) is 0 Å². The Labute approximate surface area is 246 Å². The Bertz CT molecular complexity index is 1610. The number of anilines is 5. The fourth-order valence-corrected chi connectivity index (χ4v) is 4.82. The Balaban J connectivity index is 0.000000929. The van der Waals surface area contributed by atoms with Gasteiger partial charge < -0.3 is 9.80 Å². The maximum Gasteiger partial charge on any atom is 0.0468 e. The van der Waals surface area contributed by atoms with E-state index in [-0.39, 0.29) is 0 Å². The molecule has 0 fully saturated rings. The lowest BCUT2D eigenvalue weighted by Crippen LogP contribution is -2.09. The number of rotatable bonds is 6. The van der Waals surface area contributed by atoms with E-state index in [1.165, 1.54) is 27.6 Å². The van der Waals surface area contributed by atoms with Gasteiger partial charge in [0.25, 0.3) is 0 Å². The molecule has 206 valence electrons. The molecule has 0 unspecified atom stereocenters. The Morgan fingerprint density at radius 1 is 0.341 bits per heavy atom. The van der Waals surface area contributed by atoms with Gasteiger partial charge in [0.1, 0.15) is 0 Å². The molecule has 6 aromatic rings. The van der Waals surface area contributed by atoms with E-state index in [1.54, 1.807) is 0 Å². The molecule has 6 rings (SSSR count). The molecular formula is C39H40N2. The standard InChI is InChI=1S/C35H28N2.2C2H6/c1-36(31-12-4-2-5-13-31)32-21-16-28(17-22-32)29-18-23-34(24-19-29)37(33-14-6-3-7-15-33)35-25-20-27-10-8-9-11-30(27)26-35;2*1-2/h2-26H,1H3;2*1-2H3. The van der Waals surface area contributed by atoms with Crippen LogP contribution in [0.5, 0.6) is 0 Å². The van der Waals surface area contributed by atoms with Crippen molar-refractivity contribution in [3.8, 4) is 11.1 Å². The summed E-state index contributed by atoms with van der Waals surface area (Å²) in [6.07, 6.45) is 0. The van der Waals surface area contributed by atoms with Crippen molar-refractivity contribution in [2.45, 2.75) is 27.7 Å². The predicted molar refractivity (Wildman–Crippen MR) is 181 cm³/mol. The quantitative estimate of drug-likeness (QED) is 0.209. The molecule has 0 radical (unpaired) electrons. The number of hydrogen-bond donors (Lipinski definition) is 0. The van der Waals surface area contributed by atoms with Crippen molar-refractivity contribution >= 4 is 39.2 Å². The van der Waals surface area contributed by atoms with Crippen LogP contribution < -0.4 is 9.80 Å². The van der Waals surface area contributed by atoms with Crippen LogP contribution in [0.25, 0.3) is 21.9 Å². The monoisotopic (exact) mass is 536 g/mol. The fourth-order valence-electron chi connectivity index (χ4n) is 4.82. The molecule has 0 spiro atoms. The summed E-state index contributed by atoms with van der Waals surface area (Å²) in [5.74, 6) is 0. The second-order valence-electron chi connectivity index (χ2n) is 9.19. The lowest BCUT2D eigenvalue weighted by atomic mass is 10.0. The van der Waals surface area contributed by atoms with Crippen LogP contribution in [0.2, 0.25) is 0 Å². The third-order valence-corrected chi connectivity index (χ3v) is 6.86. The summed E-state index contributed by atoms with van der Waals surface area (Å²) in [6.45, 7) is 8.00. The maximum atomic E-state index is 2.31. The van der Waals surface area contributed by atoms with E-state index >= 15 is 0 Å². The van der Waals surface area contributed by atoms with E-state index in [9.17, 15) is 0 Å². The van der Waals surface area contributed by atoms with Gasteiger partial charge in [-0.25, -0.2) is 0 Å². The molecule has 0 amide bonds. The number of para-hydroxylation sites is 2. The van der Waals surface area contributed by atoms with Crippen molar-refractivity contribution in [3.05, 3.63) is 152 Å². The Kier molecular flexibility index (Phi) is 10.3. The molecule has 6 aromatic carbocycles. The molecule has 0 heterocycles. The van der Waals surface area contributed by atoms with E-state index in [2.05, 4.69) is 162 Å². The molecule has 0 aliphatic heterocycles. The zero-order valence-electron chi connectivity index (χ0n) is 24.8. The van der Waals surface area contributed by atoms with Crippen LogP contribution in [-0.2, 0) is 0 Å². The van der Waals surface area contributed by atoms with Crippen LogP contribution in [0.15, 0.2) is 152 Å². The SMILES string of the molecule is CC.CC.CN(c1ccccc1)c1ccc(-c2ccc(N(c3ccccc3)c3ccc4ccccc4c3)cc2)cc1. The van der Waals surface area contributed by atoms with Gasteiger partial charge in [-0.3, -0.25) is 0 Å². The zero-order chi connectivity index (χ0) is 29.0. The van der Waals surface area contributed by atoms with Gasteiger partial charge in [0.05, 0.1) is 0 Å². The molecule has 2 nitrogen and oxygen atoms in total. The summed E-state index contributed by atoms with van der Waals surface area (Å²) in [7, 11) is 2.10.